The van der Waals surface area contributed by atoms with Crippen LogP contribution < -0.4 is 10.6 Å². The van der Waals surface area contributed by atoms with Gasteiger partial charge in [-0.2, -0.15) is 43.8 Å². The Hall–Kier alpha value is -3.01. The van der Waals surface area contributed by atoms with Gasteiger partial charge in [0.05, 0.1) is 12.2 Å². The topological polar surface area (TPSA) is 92.9 Å². The van der Waals surface area contributed by atoms with Crippen LogP contribution in [-0.2, 0) is 25.2 Å². The summed E-state index contributed by atoms with van der Waals surface area (Å²) in [5, 5.41) is 1.56. The van der Waals surface area contributed by atoms with Gasteiger partial charge in [0.1, 0.15) is 4.21 Å². The van der Waals surface area contributed by atoms with Crippen LogP contribution in [0.2, 0.25) is 0 Å². The summed E-state index contributed by atoms with van der Waals surface area (Å²) in [5.41, 5.74) is -2.83. The third-order valence-electron chi connectivity index (χ3n) is 5.67. The summed E-state index contributed by atoms with van der Waals surface area (Å²) in [6.07, 6.45) is -19.3. The first kappa shape index (κ1) is 31.5. The Balaban J connectivity index is 2.06. The summed E-state index contributed by atoms with van der Waals surface area (Å²) >= 11 is 0.982. The monoisotopic (exact) mass is 623 g/mol. The molecule has 18 heteroatoms. The van der Waals surface area contributed by atoms with Crippen molar-refractivity contribution in [3.8, 4) is 11.8 Å². The zero-order valence-electron chi connectivity index (χ0n) is 19.8. The van der Waals surface area contributed by atoms with E-state index in [-0.39, 0.29) is 54.8 Å². The summed E-state index contributed by atoms with van der Waals surface area (Å²) in [6.45, 7) is -0.723. The van der Waals surface area contributed by atoms with E-state index >= 15 is 0 Å². The van der Waals surface area contributed by atoms with Gasteiger partial charge in [0.15, 0.2) is 0 Å². The van der Waals surface area contributed by atoms with Crippen molar-refractivity contribution in [1.29, 1.82) is 0 Å². The van der Waals surface area contributed by atoms with Gasteiger partial charge in [-0.1, -0.05) is 24.0 Å². The largest absolute Gasteiger partial charge is 0.490 e. The molecule has 0 unspecified atom stereocenters. The van der Waals surface area contributed by atoms with Gasteiger partial charge in [-0.15, -0.1) is 11.3 Å². The molecule has 1 aromatic heterocycles. The number of anilines is 1. The van der Waals surface area contributed by atoms with Crippen molar-refractivity contribution >= 4 is 33.0 Å². The fourth-order valence-electron chi connectivity index (χ4n) is 3.84. The molecule has 1 aliphatic heterocycles. The van der Waals surface area contributed by atoms with Gasteiger partial charge in [0, 0.05) is 37.3 Å². The maximum atomic E-state index is 13.9. The third-order valence-corrected chi connectivity index (χ3v) is 8.94. The molecule has 0 bridgehead atoms. The van der Waals surface area contributed by atoms with E-state index in [2.05, 4.69) is 16.6 Å². The molecular weight excluding hydrogens is 605 g/mol. The van der Waals surface area contributed by atoms with E-state index < -0.39 is 51.2 Å². The van der Waals surface area contributed by atoms with Crippen molar-refractivity contribution in [3.63, 3.8) is 0 Å². The normalized spacial score (nSPS) is 15.9. The van der Waals surface area contributed by atoms with Crippen LogP contribution in [0, 0.1) is 11.8 Å². The number of nitrogens with zero attached hydrogens (tertiary/aromatic N) is 2. The lowest BCUT2D eigenvalue weighted by Crippen LogP contribution is -2.58. The molecule has 1 saturated heterocycles. The van der Waals surface area contributed by atoms with Crippen LogP contribution in [0.3, 0.4) is 0 Å². The number of sulfonamides is 1. The predicted octanol–water partition coefficient (Wildman–Crippen LogP) is 3.99. The maximum Gasteiger partial charge on any atom is 0.490 e. The number of rotatable bonds is 5. The lowest BCUT2D eigenvalue weighted by molar-refractivity contribution is -0.382. The standard InChI is InChI=1S/C22H18F9N3O4S2/c23-20(24,25)18(35)38-19(21(26,27)28,22(29,30)31)15-5-6-16(14(13-15)3-1-7-32)33-8-10-34(11-9-33)40(36,37)17-4-2-12-39-17/h2,4-6,12-13H,7-11,32H2. The summed E-state index contributed by atoms with van der Waals surface area (Å²) in [4.78, 5) is 12.7. The molecule has 0 saturated carbocycles. The quantitative estimate of drug-likeness (QED) is 0.308. The van der Waals surface area contributed by atoms with Crippen LogP contribution in [-0.4, -0.2) is 69.9 Å². The summed E-state index contributed by atoms with van der Waals surface area (Å²) in [6, 6.07) is 4.11. The Morgan fingerprint density at radius 3 is 2.05 bits per heavy atom. The molecule has 0 aliphatic carbocycles. The number of thiophene rings is 1. The number of hydrogen-bond donors (Lipinski definition) is 1. The van der Waals surface area contributed by atoms with Gasteiger partial charge in [-0.25, -0.2) is 13.2 Å². The van der Waals surface area contributed by atoms with Gasteiger partial charge in [0.25, 0.3) is 10.0 Å². The van der Waals surface area contributed by atoms with Crippen molar-refractivity contribution in [1.82, 2.24) is 4.31 Å². The van der Waals surface area contributed by atoms with Crippen LogP contribution >= 0.6 is 11.3 Å². The highest BCUT2D eigenvalue weighted by molar-refractivity contribution is 7.91. The Kier molecular flexibility index (Phi) is 8.75. The number of halogens is 9. The highest BCUT2D eigenvalue weighted by Gasteiger charge is 2.76. The second-order valence-corrected chi connectivity index (χ2v) is 11.2. The second-order valence-electron chi connectivity index (χ2n) is 8.13. The summed E-state index contributed by atoms with van der Waals surface area (Å²) in [7, 11) is -3.84. The maximum absolute atomic E-state index is 13.9. The highest BCUT2D eigenvalue weighted by atomic mass is 32.2. The smallest absolute Gasteiger partial charge is 0.428 e. The first-order valence-corrected chi connectivity index (χ1v) is 13.2. The van der Waals surface area contributed by atoms with Gasteiger partial charge < -0.3 is 15.4 Å². The van der Waals surface area contributed by atoms with Gasteiger partial charge >= 0.3 is 30.1 Å². The Morgan fingerprint density at radius 2 is 1.57 bits per heavy atom. The van der Waals surface area contributed by atoms with Gasteiger partial charge in [0.2, 0.25) is 0 Å². The fraction of sp³-hybridized carbons (Fsp3) is 0.409. The number of nitrogens with two attached hydrogens (primary N) is 1. The van der Waals surface area contributed by atoms with Crippen molar-refractivity contribution < 1.29 is 57.5 Å². The predicted molar refractivity (Wildman–Crippen MR) is 124 cm³/mol. The molecule has 0 amide bonds. The van der Waals surface area contributed by atoms with Crippen molar-refractivity contribution in [2.24, 2.45) is 5.73 Å². The average molecular weight is 624 g/mol. The molecular formula is C22H18F9N3O4S2. The van der Waals surface area contributed by atoms with Crippen molar-refractivity contribution in [3.05, 3.63) is 46.8 Å². The number of piperazine rings is 1. The molecule has 2 aromatic rings. The molecule has 0 spiro atoms. The molecule has 1 fully saturated rings. The fourth-order valence-corrected chi connectivity index (χ4v) is 6.41. The van der Waals surface area contributed by atoms with Crippen molar-refractivity contribution in [2.75, 3.05) is 37.6 Å². The average Bonchev–Trinajstić information content (AvgIpc) is 3.40. The molecule has 0 atom stereocenters. The Labute approximate surface area is 225 Å². The SMILES string of the molecule is NCC#Cc1cc(C(OC(=O)C(F)(F)F)(C(F)(F)F)C(F)(F)F)ccc1N1CCN(S(=O)(=O)c2cccs2)CC1. The van der Waals surface area contributed by atoms with E-state index in [0.29, 0.717) is 0 Å². The van der Waals surface area contributed by atoms with Crippen LogP contribution in [0.4, 0.5) is 45.2 Å². The molecule has 3 rings (SSSR count). The molecule has 0 radical (unpaired) electrons. The third kappa shape index (κ3) is 6.01. The molecule has 2 heterocycles. The number of ether oxygens (including phenoxy) is 1. The van der Waals surface area contributed by atoms with Crippen LogP contribution in [0.25, 0.3) is 0 Å². The number of carbonyl (C=O) groups excluding carboxylic acids is 1. The zero-order chi connectivity index (χ0) is 30.1. The lowest BCUT2D eigenvalue weighted by Gasteiger charge is -2.38. The second kappa shape index (κ2) is 11.1. The van der Waals surface area contributed by atoms with E-state index in [0.717, 1.165) is 21.7 Å². The Morgan fingerprint density at radius 1 is 0.975 bits per heavy atom. The molecule has 40 heavy (non-hydrogen) atoms. The minimum absolute atomic E-state index is 0.0433. The van der Waals surface area contributed by atoms with Gasteiger partial charge in [-0.3, -0.25) is 0 Å². The molecule has 220 valence electrons. The number of esters is 1. The first-order chi connectivity index (χ1) is 18.4. The van der Waals surface area contributed by atoms with Gasteiger partial charge in [-0.05, 0) is 23.6 Å². The van der Waals surface area contributed by atoms with Crippen LogP contribution in [0.5, 0.6) is 0 Å². The van der Waals surface area contributed by atoms with E-state index in [9.17, 15) is 52.7 Å². The van der Waals surface area contributed by atoms with E-state index in [1.165, 1.54) is 17.0 Å². The highest BCUT2D eigenvalue weighted by Crippen LogP contribution is 2.54. The zero-order valence-corrected chi connectivity index (χ0v) is 21.5. The Bertz CT molecular complexity index is 1370. The molecule has 1 aromatic carbocycles. The number of alkyl halides is 9. The van der Waals surface area contributed by atoms with E-state index in [4.69, 9.17) is 5.73 Å². The molecule has 2 N–H and O–H groups in total. The summed E-state index contributed by atoms with van der Waals surface area (Å²) in [5.74, 6) is 0.837. The minimum Gasteiger partial charge on any atom is -0.428 e. The number of hydrogen-bond acceptors (Lipinski definition) is 7. The van der Waals surface area contributed by atoms with Crippen LogP contribution in [0.15, 0.2) is 39.9 Å². The first-order valence-electron chi connectivity index (χ1n) is 10.9. The number of benzene rings is 1. The van der Waals surface area contributed by atoms with E-state index in [1.54, 1.807) is 5.38 Å². The van der Waals surface area contributed by atoms with E-state index in [1.807, 2.05) is 0 Å². The van der Waals surface area contributed by atoms with Crippen LogP contribution in [0.1, 0.15) is 11.1 Å². The lowest BCUT2D eigenvalue weighted by atomic mass is 9.89. The molecule has 7 nitrogen and oxygen atoms in total. The van der Waals surface area contributed by atoms with Crippen molar-refractivity contribution in [2.45, 2.75) is 28.3 Å². The molecule has 1 aliphatic rings. The summed E-state index contributed by atoms with van der Waals surface area (Å²) < 4.78 is 152. The minimum atomic E-state index is -6.58. The number of carbonyl (C=O) groups is 1.